The van der Waals surface area contributed by atoms with Crippen molar-refractivity contribution in [2.24, 2.45) is 10.7 Å². The van der Waals surface area contributed by atoms with Crippen molar-refractivity contribution < 1.29 is 46.1 Å². The van der Waals surface area contributed by atoms with Crippen molar-refractivity contribution in [3.63, 3.8) is 0 Å². The van der Waals surface area contributed by atoms with Crippen LogP contribution in [0.5, 0.6) is 0 Å². The fourth-order valence-corrected chi connectivity index (χ4v) is 2.07. The minimum atomic E-state index is -6.23. The molecule has 0 heterocycles. The van der Waals surface area contributed by atoms with Crippen LogP contribution in [0.25, 0.3) is 0 Å². The molecule has 2 atom stereocenters. The van der Waals surface area contributed by atoms with E-state index in [2.05, 4.69) is 4.99 Å². The van der Waals surface area contributed by atoms with Crippen molar-refractivity contribution >= 4 is 18.5 Å². The van der Waals surface area contributed by atoms with Gasteiger partial charge in [0.15, 0.2) is 0 Å². The Labute approximate surface area is 177 Å². The first kappa shape index (κ1) is 29.0. The Balaban J connectivity index is 6.41. The highest BCUT2D eigenvalue weighted by atomic mass is 19.4. The zero-order valence-electron chi connectivity index (χ0n) is 18.5. The summed E-state index contributed by atoms with van der Waals surface area (Å²) in [5, 5.41) is 10.2. The number of amides is 2. The SMILES string of the molecule is CCCC(N)C(O)(/N=C/N(C(=O)OC(C)(C)C)C(=O)OC(C)(C)C)C(F)(F)C(F)(F)F. The van der Waals surface area contributed by atoms with E-state index in [0.717, 1.165) is 0 Å². The van der Waals surface area contributed by atoms with E-state index in [4.69, 9.17) is 15.2 Å². The van der Waals surface area contributed by atoms with Gasteiger partial charge in [0.05, 0.1) is 6.04 Å². The van der Waals surface area contributed by atoms with Crippen LogP contribution < -0.4 is 5.73 Å². The average molecular weight is 463 g/mol. The third kappa shape index (κ3) is 7.87. The Morgan fingerprint density at radius 1 is 1.00 bits per heavy atom. The number of hydrogen-bond acceptors (Lipinski definition) is 7. The Morgan fingerprint density at radius 2 is 1.39 bits per heavy atom. The maximum Gasteiger partial charge on any atom is 0.458 e. The summed E-state index contributed by atoms with van der Waals surface area (Å²) in [5.41, 5.74) is -1.17. The smallest absolute Gasteiger partial charge is 0.443 e. The van der Waals surface area contributed by atoms with Gasteiger partial charge in [0.1, 0.15) is 17.5 Å². The van der Waals surface area contributed by atoms with E-state index in [0.29, 0.717) is 0 Å². The number of carbonyl (C=O) groups excluding carboxylic acids is 2. The van der Waals surface area contributed by atoms with E-state index in [9.17, 15) is 36.6 Å². The molecule has 0 aromatic rings. The number of nitrogens with zero attached hydrogens (tertiary/aromatic N) is 2. The normalized spacial score (nSPS) is 16.6. The monoisotopic (exact) mass is 463 g/mol. The van der Waals surface area contributed by atoms with Gasteiger partial charge in [-0.3, -0.25) is 0 Å². The number of rotatable bonds is 6. The molecule has 0 radical (unpaired) electrons. The summed E-state index contributed by atoms with van der Waals surface area (Å²) < 4.78 is 77.1. The predicted molar refractivity (Wildman–Crippen MR) is 102 cm³/mol. The minimum Gasteiger partial charge on any atom is -0.443 e. The first-order chi connectivity index (χ1) is 13.6. The molecule has 3 N–H and O–H groups in total. The van der Waals surface area contributed by atoms with Crippen molar-refractivity contribution in [1.82, 2.24) is 4.90 Å². The summed E-state index contributed by atoms with van der Waals surface area (Å²) in [6.07, 6.45) is -9.63. The lowest BCUT2D eigenvalue weighted by Gasteiger charge is -2.37. The highest BCUT2D eigenvalue weighted by Gasteiger charge is 2.72. The molecule has 2 unspecified atom stereocenters. The molecule has 13 heteroatoms. The lowest BCUT2D eigenvalue weighted by Crippen LogP contribution is -2.64. The van der Waals surface area contributed by atoms with Crippen molar-refractivity contribution in [2.45, 2.75) is 96.4 Å². The van der Waals surface area contributed by atoms with Gasteiger partial charge in [0, 0.05) is 0 Å². The molecule has 0 fully saturated rings. The lowest BCUT2D eigenvalue weighted by molar-refractivity contribution is -0.344. The fraction of sp³-hybridized carbons (Fsp3) is 0.833. The van der Waals surface area contributed by atoms with Crippen LogP contribution in [-0.4, -0.2) is 63.6 Å². The number of carbonyl (C=O) groups is 2. The fourth-order valence-electron chi connectivity index (χ4n) is 2.07. The maximum atomic E-state index is 14.1. The highest BCUT2D eigenvalue weighted by molar-refractivity contribution is 6.00. The molecule has 0 aliphatic rings. The standard InChI is InChI=1S/C18H30F5N3O5/c1-8-9-11(24)16(29,17(19,20)18(21,22)23)25-10-26(12(27)30-14(2,3)4)13(28)31-15(5,6)7/h10-11,29H,8-9,24H2,1-7H3/b25-10+. The topological polar surface area (TPSA) is 114 Å². The van der Waals surface area contributed by atoms with Crippen LogP contribution in [0, 0.1) is 0 Å². The molecule has 0 aromatic carbocycles. The molecule has 8 nitrogen and oxygen atoms in total. The number of halogens is 5. The molecule has 0 saturated heterocycles. The third-order valence-electron chi connectivity index (χ3n) is 3.49. The Kier molecular flexibility index (Phi) is 9.01. The molecule has 31 heavy (non-hydrogen) atoms. The number of aliphatic imine (C=N–C) groups is 1. The number of nitrogens with two attached hydrogens (primary N) is 1. The van der Waals surface area contributed by atoms with Crippen LogP contribution in [0.15, 0.2) is 4.99 Å². The number of ether oxygens (including phenoxy) is 2. The molecule has 0 rings (SSSR count). The molecule has 0 aromatic heterocycles. The Morgan fingerprint density at radius 3 is 1.68 bits per heavy atom. The third-order valence-corrected chi connectivity index (χ3v) is 3.49. The van der Waals surface area contributed by atoms with E-state index < -0.39 is 53.7 Å². The van der Waals surface area contributed by atoms with Crippen molar-refractivity contribution in [3.05, 3.63) is 0 Å². The van der Waals surface area contributed by atoms with E-state index in [1.54, 1.807) is 0 Å². The van der Waals surface area contributed by atoms with Gasteiger partial charge in [-0.05, 0) is 48.0 Å². The maximum absolute atomic E-state index is 14.1. The van der Waals surface area contributed by atoms with Crippen LogP contribution in [0.3, 0.4) is 0 Å². The van der Waals surface area contributed by atoms with Gasteiger partial charge in [-0.2, -0.15) is 26.9 Å². The second-order valence-electron chi connectivity index (χ2n) is 8.77. The minimum absolute atomic E-state index is 0.00266. The summed E-state index contributed by atoms with van der Waals surface area (Å²) in [5.74, 6) is -5.81. The molecule has 0 bridgehead atoms. The summed E-state index contributed by atoms with van der Waals surface area (Å²) >= 11 is 0. The lowest BCUT2D eigenvalue weighted by atomic mass is 9.93. The van der Waals surface area contributed by atoms with Gasteiger partial charge in [0.2, 0.25) is 5.72 Å². The van der Waals surface area contributed by atoms with Gasteiger partial charge in [-0.15, -0.1) is 0 Å². The van der Waals surface area contributed by atoms with E-state index in [1.165, 1.54) is 48.5 Å². The number of hydrogen-bond donors (Lipinski definition) is 2. The zero-order valence-corrected chi connectivity index (χ0v) is 18.5. The molecule has 0 aliphatic carbocycles. The summed E-state index contributed by atoms with van der Waals surface area (Å²) in [6.45, 7) is 9.94. The molecule has 0 saturated carbocycles. The predicted octanol–water partition coefficient (Wildman–Crippen LogP) is 4.20. The molecule has 2 amide bonds. The Bertz CT molecular complexity index is 643. The molecule has 0 aliphatic heterocycles. The van der Waals surface area contributed by atoms with Crippen molar-refractivity contribution in [3.8, 4) is 0 Å². The number of imide groups is 1. The first-order valence-electron chi connectivity index (χ1n) is 9.32. The van der Waals surface area contributed by atoms with Gasteiger partial charge in [-0.1, -0.05) is 13.3 Å². The van der Waals surface area contributed by atoms with E-state index >= 15 is 0 Å². The van der Waals surface area contributed by atoms with E-state index in [-0.39, 0.29) is 17.7 Å². The first-order valence-corrected chi connectivity index (χ1v) is 9.32. The van der Waals surface area contributed by atoms with Gasteiger partial charge in [0.25, 0.3) is 0 Å². The van der Waals surface area contributed by atoms with Crippen LogP contribution in [0.1, 0.15) is 61.3 Å². The molecule has 0 spiro atoms. The summed E-state index contributed by atoms with van der Waals surface area (Å²) in [6, 6.07) is -2.19. The second-order valence-corrected chi connectivity index (χ2v) is 8.77. The molecule has 182 valence electrons. The van der Waals surface area contributed by atoms with Crippen molar-refractivity contribution in [1.29, 1.82) is 0 Å². The molecular formula is C18H30F5N3O5. The van der Waals surface area contributed by atoms with Gasteiger partial charge >= 0.3 is 24.3 Å². The zero-order chi connectivity index (χ0) is 25.1. The summed E-state index contributed by atoms with van der Waals surface area (Å²) in [4.78, 5) is 27.5. The van der Waals surface area contributed by atoms with Crippen LogP contribution in [-0.2, 0) is 9.47 Å². The van der Waals surface area contributed by atoms with Crippen LogP contribution in [0.4, 0.5) is 31.5 Å². The van der Waals surface area contributed by atoms with Crippen LogP contribution >= 0.6 is 0 Å². The molecular weight excluding hydrogens is 433 g/mol. The largest absolute Gasteiger partial charge is 0.458 e. The van der Waals surface area contributed by atoms with E-state index in [1.807, 2.05) is 0 Å². The number of aliphatic hydroxyl groups is 1. The van der Waals surface area contributed by atoms with Crippen LogP contribution in [0.2, 0.25) is 0 Å². The Hall–Kier alpha value is -2.02. The average Bonchev–Trinajstić information content (AvgIpc) is 2.50. The summed E-state index contributed by atoms with van der Waals surface area (Å²) in [7, 11) is 0. The number of alkyl halides is 5. The second kappa shape index (κ2) is 9.63. The van der Waals surface area contributed by atoms with Gasteiger partial charge < -0.3 is 20.3 Å². The highest BCUT2D eigenvalue weighted by Crippen LogP contribution is 2.46. The quantitative estimate of drug-likeness (QED) is 0.347. The van der Waals surface area contributed by atoms with Gasteiger partial charge in [-0.25, -0.2) is 14.6 Å². The van der Waals surface area contributed by atoms with Crippen molar-refractivity contribution in [2.75, 3.05) is 0 Å².